The monoisotopic (exact) mass is 257 g/mol. The van der Waals surface area contributed by atoms with Crippen LogP contribution in [0.4, 0.5) is 0 Å². The molecule has 0 amide bonds. The summed E-state index contributed by atoms with van der Waals surface area (Å²) in [5, 5.41) is 0. The molecular weight excluding hydrogens is 234 g/mol. The molecule has 3 nitrogen and oxygen atoms in total. The highest BCUT2D eigenvalue weighted by molar-refractivity contribution is 8.22. The molecular formula is C13H23NO2S. The van der Waals surface area contributed by atoms with Crippen molar-refractivity contribution >= 4 is 10.8 Å². The summed E-state index contributed by atoms with van der Waals surface area (Å²) in [5.74, 6) is 0.452. The third-order valence-electron chi connectivity index (χ3n) is 2.99. The van der Waals surface area contributed by atoms with Crippen LogP contribution in [0.3, 0.4) is 0 Å². The fourth-order valence-corrected chi connectivity index (χ4v) is 2.92. The minimum Gasteiger partial charge on any atom is -0.281 e. The van der Waals surface area contributed by atoms with Gasteiger partial charge in [0.25, 0.3) is 0 Å². The van der Waals surface area contributed by atoms with Gasteiger partial charge in [-0.05, 0) is 37.5 Å². The minimum atomic E-state index is -2.85. The quantitative estimate of drug-likeness (QED) is 0.850. The van der Waals surface area contributed by atoms with Crippen molar-refractivity contribution in [3.8, 4) is 0 Å². The molecule has 0 aliphatic carbocycles. The molecule has 0 spiro atoms. The van der Waals surface area contributed by atoms with Gasteiger partial charge in [-0.15, -0.1) is 10.8 Å². The first-order valence-electron chi connectivity index (χ1n) is 5.88. The van der Waals surface area contributed by atoms with E-state index in [4.69, 9.17) is 0 Å². The molecule has 98 valence electrons. The van der Waals surface area contributed by atoms with Crippen molar-refractivity contribution in [1.29, 1.82) is 0 Å². The fraction of sp³-hybridized carbons (Fsp3) is 0.538. The highest BCUT2D eigenvalue weighted by Gasteiger charge is 2.23. The molecule has 2 N–H and O–H groups in total. The van der Waals surface area contributed by atoms with Crippen LogP contribution in [0.1, 0.15) is 39.2 Å². The smallest absolute Gasteiger partial charge is 0.0752 e. The van der Waals surface area contributed by atoms with E-state index in [0.717, 1.165) is 0 Å². The van der Waals surface area contributed by atoms with Gasteiger partial charge in [-0.3, -0.25) is 9.11 Å². The van der Waals surface area contributed by atoms with Crippen molar-refractivity contribution in [3.05, 3.63) is 29.8 Å². The molecule has 0 radical (unpaired) electrons. The summed E-state index contributed by atoms with van der Waals surface area (Å²) in [6.45, 7) is 8.12. The number of benzene rings is 1. The Labute approximate surface area is 106 Å². The van der Waals surface area contributed by atoms with Crippen molar-refractivity contribution in [3.63, 3.8) is 0 Å². The van der Waals surface area contributed by atoms with Crippen molar-refractivity contribution in [2.75, 3.05) is 7.05 Å². The van der Waals surface area contributed by atoms with Crippen LogP contribution in [-0.4, -0.2) is 26.5 Å². The molecule has 0 saturated heterocycles. The molecule has 17 heavy (non-hydrogen) atoms. The van der Waals surface area contributed by atoms with Crippen LogP contribution >= 0.6 is 10.8 Å². The summed E-state index contributed by atoms with van der Waals surface area (Å²) in [7, 11) is -1.11. The van der Waals surface area contributed by atoms with Gasteiger partial charge < -0.3 is 0 Å². The van der Waals surface area contributed by atoms with Crippen LogP contribution in [0, 0.1) is 0 Å². The van der Waals surface area contributed by atoms with Gasteiger partial charge in [-0.1, -0.05) is 26.0 Å². The normalized spacial score (nSPS) is 13.8. The first kappa shape index (κ1) is 14.5. The summed E-state index contributed by atoms with van der Waals surface area (Å²) < 4.78 is 22.0. The summed E-state index contributed by atoms with van der Waals surface area (Å²) >= 11 is 0. The maximum Gasteiger partial charge on any atom is 0.0752 e. The Morgan fingerprint density at radius 2 is 1.47 bits per heavy atom. The maximum atomic E-state index is 10.2. The van der Waals surface area contributed by atoms with Crippen LogP contribution in [0.25, 0.3) is 0 Å². The lowest BCUT2D eigenvalue weighted by atomic mass is 10.0. The molecule has 1 aromatic rings. The average Bonchev–Trinajstić information content (AvgIpc) is 2.27. The zero-order valence-electron chi connectivity index (χ0n) is 11.2. The second-order valence-electron chi connectivity index (χ2n) is 4.88. The lowest BCUT2D eigenvalue weighted by Crippen LogP contribution is -2.29. The van der Waals surface area contributed by atoms with E-state index < -0.39 is 10.8 Å². The molecule has 4 heteroatoms. The SMILES string of the molecule is CC(C)c1ccc(S(O)(O)N(C)C(C)C)cc1. The molecule has 1 aromatic carbocycles. The molecule has 0 unspecified atom stereocenters. The Hall–Kier alpha value is -0.550. The van der Waals surface area contributed by atoms with Crippen molar-refractivity contribution in [1.82, 2.24) is 4.31 Å². The van der Waals surface area contributed by atoms with E-state index in [1.54, 1.807) is 11.4 Å². The van der Waals surface area contributed by atoms with Crippen LogP contribution in [0.15, 0.2) is 29.2 Å². The van der Waals surface area contributed by atoms with Crippen molar-refractivity contribution in [2.45, 2.75) is 44.6 Å². The molecule has 0 aliphatic rings. The van der Waals surface area contributed by atoms with Crippen LogP contribution in [0.2, 0.25) is 0 Å². The Morgan fingerprint density at radius 3 is 1.82 bits per heavy atom. The van der Waals surface area contributed by atoms with E-state index in [-0.39, 0.29) is 6.04 Å². The summed E-state index contributed by atoms with van der Waals surface area (Å²) in [6, 6.07) is 7.63. The standard InChI is InChI=1S/C13H23NO2S/c1-10(2)12-6-8-13(9-7-12)17(15,16)14(5)11(3)4/h6-11,15-16H,1-5H3. The van der Waals surface area contributed by atoms with Crippen molar-refractivity contribution < 1.29 is 9.11 Å². The summed E-state index contributed by atoms with van der Waals surface area (Å²) in [6.07, 6.45) is 0. The maximum absolute atomic E-state index is 10.2. The van der Waals surface area contributed by atoms with E-state index in [0.29, 0.717) is 10.8 Å². The average molecular weight is 257 g/mol. The number of rotatable bonds is 4. The molecule has 0 atom stereocenters. The minimum absolute atomic E-state index is 0.0878. The van der Waals surface area contributed by atoms with Gasteiger partial charge in [0, 0.05) is 13.1 Å². The highest BCUT2D eigenvalue weighted by atomic mass is 32.3. The molecule has 0 fully saturated rings. The van der Waals surface area contributed by atoms with Gasteiger partial charge in [0.2, 0.25) is 0 Å². The zero-order chi connectivity index (χ0) is 13.2. The van der Waals surface area contributed by atoms with E-state index in [9.17, 15) is 9.11 Å². The van der Waals surface area contributed by atoms with Gasteiger partial charge in [-0.25, -0.2) is 4.31 Å². The number of hydrogen-bond donors (Lipinski definition) is 2. The lowest BCUT2D eigenvalue weighted by Gasteiger charge is -2.43. The summed E-state index contributed by atoms with van der Waals surface area (Å²) in [5.41, 5.74) is 1.20. The Bertz CT molecular complexity index is 360. The predicted octanol–water partition coefficient (Wildman–Crippen LogP) is 4.17. The molecule has 0 saturated carbocycles. The molecule has 0 aliphatic heterocycles. The molecule has 0 aromatic heterocycles. The largest absolute Gasteiger partial charge is 0.281 e. The fourth-order valence-electron chi connectivity index (χ4n) is 1.50. The van der Waals surface area contributed by atoms with Gasteiger partial charge >= 0.3 is 0 Å². The number of hydrogen-bond acceptors (Lipinski definition) is 3. The summed E-state index contributed by atoms with van der Waals surface area (Å²) in [4.78, 5) is 0.582. The first-order chi connectivity index (χ1) is 7.76. The molecule has 1 rings (SSSR count). The highest BCUT2D eigenvalue weighted by Crippen LogP contribution is 2.51. The van der Waals surface area contributed by atoms with Crippen LogP contribution in [-0.2, 0) is 0 Å². The Morgan fingerprint density at radius 1 is 1.00 bits per heavy atom. The predicted molar refractivity (Wildman–Crippen MR) is 74.5 cm³/mol. The van der Waals surface area contributed by atoms with Crippen LogP contribution in [0.5, 0.6) is 0 Å². The first-order valence-corrected chi connectivity index (χ1v) is 7.38. The molecule has 0 bridgehead atoms. The van der Waals surface area contributed by atoms with Gasteiger partial charge in [0.05, 0.1) is 4.90 Å². The topological polar surface area (TPSA) is 43.7 Å². The van der Waals surface area contributed by atoms with E-state index in [1.807, 2.05) is 38.1 Å². The zero-order valence-corrected chi connectivity index (χ0v) is 12.0. The second kappa shape index (κ2) is 5.40. The van der Waals surface area contributed by atoms with Crippen molar-refractivity contribution in [2.24, 2.45) is 0 Å². The van der Waals surface area contributed by atoms with Gasteiger partial charge in [0.15, 0.2) is 0 Å². The van der Waals surface area contributed by atoms with E-state index >= 15 is 0 Å². The van der Waals surface area contributed by atoms with E-state index in [1.165, 1.54) is 5.56 Å². The number of nitrogens with zero attached hydrogens (tertiary/aromatic N) is 1. The third kappa shape index (κ3) is 3.22. The lowest BCUT2D eigenvalue weighted by molar-refractivity contribution is 0.346. The molecule has 0 heterocycles. The van der Waals surface area contributed by atoms with E-state index in [2.05, 4.69) is 13.8 Å². The second-order valence-corrected chi connectivity index (χ2v) is 6.97. The third-order valence-corrected chi connectivity index (χ3v) is 5.12. The van der Waals surface area contributed by atoms with Gasteiger partial charge in [-0.2, -0.15) is 0 Å². The Kier molecular flexibility index (Phi) is 4.61. The van der Waals surface area contributed by atoms with Gasteiger partial charge in [0.1, 0.15) is 0 Å². The van der Waals surface area contributed by atoms with Crippen LogP contribution < -0.4 is 0 Å². The Balaban J connectivity index is 2.99.